The van der Waals surface area contributed by atoms with Crippen LogP contribution in [0.1, 0.15) is 18.7 Å². The van der Waals surface area contributed by atoms with Crippen LogP contribution in [0.3, 0.4) is 0 Å². The molecule has 0 aliphatic carbocycles. The van der Waals surface area contributed by atoms with Crippen LogP contribution in [0.5, 0.6) is 0 Å². The second-order valence-corrected chi connectivity index (χ2v) is 2.61. The standard InChI is InChI=1S/C6H11N3OS/c7-4-2-1-3-5-8-9-6(11)10-5/h1-4,7H2,(H,9,11). The van der Waals surface area contributed by atoms with Gasteiger partial charge in [-0.25, -0.2) is 0 Å². The molecule has 0 radical (unpaired) electrons. The second kappa shape index (κ2) is 4.35. The van der Waals surface area contributed by atoms with Gasteiger partial charge in [-0.1, -0.05) is 12.6 Å². The highest BCUT2D eigenvalue weighted by Gasteiger charge is 2.00. The van der Waals surface area contributed by atoms with Crippen LogP contribution < -0.4 is 5.73 Å². The fourth-order valence-corrected chi connectivity index (χ4v) is 0.916. The molecule has 0 unspecified atom stereocenters. The minimum absolute atomic E-state index is 0.327. The lowest BCUT2D eigenvalue weighted by atomic mass is 10.2. The Morgan fingerprint density at radius 1 is 1.36 bits per heavy atom. The first-order chi connectivity index (χ1) is 5.33. The molecule has 0 aliphatic heterocycles. The van der Waals surface area contributed by atoms with Gasteiger partial charge in [-0.3, -0.25) is 0 Å². The summed E-state index contributed by atoms with van der Waals surface area (Å²) in [5.74, 6) is 0.642. The largest absolute Gasteiger partial charge is 0.416 e. The van der Waals surface area contributed by atoms with Crippen molar-refractivity contribution in [2.24, 2.45) is 5.73 Å². The third-order valence-corrected chi connectivity index (χ3v) is 1.48. The van der Waals surface area contributed by atoms with Crippen LogP contribution in [-0.2, 0) is 6.42 Å². The zero-order valence-electron chi connectivity index (χ0n) is 6.16. The average Bonchev–Trinajstić information content (AvgIpc) is 2.37. The van der Waals surface area contributed by atoms with E-state index in [-0.39, 0.29) is 0 Å². The molecule has 4 nitrogen and oxygen atoms in total. The zero-order chi connectivity index (χ0) is 8.10. The van der Waals surface area contributed by atoms with E-state index in [0.29, 0.717) is 17.7 Å². The van der Waals surface area contributed by atoms with Gasteiger partial charge >= 0.3 is 0 Å². The zero-order valence-corrected chi connectivity index (χ0v) is 7.05. The average molecular weight is 173 g/mol. The van der Waals surface area contributed by atoms with Gasteiger partial charge in [0, 0.05) is 6.42 Å². The Bertz CT molecular complexity index is 213. The quantitative estimate of drug-likeness (QED) is 0.518. The smallest absolute Gasteiger partial charge is 0.273 e. The predicted molar refractivity (Wildman–Crippen MR) is 43.5 cm³/mol. The van der Waals surface area contributed by atoms with Crippen molar-refractivity contribution in [3.63, 3.8) is 0 Å². The van der Waals surface area contributed by atoms with Crippen LogP contribution in [0, 0.1) is 0 Å². The van der Waals surface area contributed by atoms with Crippen LogP contribution in [0.4, 0.5) is 0 Å². The molecule has 0 saturated heterocycles. The molecule has 1 aromatic rings. The van der Waals surface area contributed by atoms with E-state index in [9.17, 15) is 0 Å². The van der Waals surface area contributed by atoms with E-state index < -0.39 is 0 Å². The Kier molecular flexibility index (Phi) is 3.38. The summed E-state index contributed by atoms with van der Waals surface area (Å²) in [6, 6.07) is 0. The Morgan fingerprint density at radius 2 is 2.18 bits per heavy atom. The minimum Gasteiger partial charge on any atom is -0.416 e. The monoisotopic (exact) mass is 173 g/mol. The summed E-state index contributed by atoms with van der Waals surface area (Å²) >= 11 is 3.89. The summed E-state index contributed by atoms with van der Waals surface area (Å²) in [6.07, 6.45) is 2.78. The molecule has 0 amide bonds. The van der Waals surface area contributed by atoms with Gasteiger partial charge in [0.15, 0.2) is 0 Å². The maximum Gasteiger partial charge on any atom is 0.273 e. The summed E-state index contributed by atoms with van der Waals surface area (Å²) in [5.41, 5.74) is 5.32. The number of aryl methyl sites for hydroxylation is 1. The third kappa shape index (κ3) is 2.90. The number of thiol groups is 1. The molecule has 1 rings (SSSR count). The molecule has 2 N–H and O–H groups in total. The Hall–Kier alpha value is -0.550. The van der Waals surface area contributed by atoms with Crippen LogP contribution in [0.15, 0.2) is 9.64 Å². The summed E-state index contributed by atoms with van der Waals surface area (Å²) in [7, 11) is 0. The van der Waals surface area contributed by atoms with E-state index in [1.165, 1.54) is 0 Å². The molecular formula is C6H11N3OS. The highest BCUT2D eigenvalue weighted by Crippen LogP contribution is 2.06. The number of hydrogen-bond donors (Lipinski definition) is 2. The van der Waals surface area contributed by atoms with Gasteiger partial charge in [0.2, 0.25) is 5.89 Å². The molecule has 62 valence electrons. The van der Waals surface area contributed by atoms with Crippen LogP contribution in [0.25, 0.3) is 0 Å². The molecule has 0 saturated carbocycles. The Balaban J connectivity index is 2.27. The molecule has 0 fully saturated rings. The topological polar surface area (TPSA) is 64.9 Å². The van der Waals surface area contributed by atoms with Crippen molar-refractivity contribution in [1.82, 2.24) is 10.2 Å². The van der Waals surface area contributed by atoms with E-state index in [1.54, 1.807) is 0 Å². The molecule has 0 aromatic carbocycles. The SMILES string of the molecule is NCCCCc1nnc(S)o1. The number of nitrogens with two attached hydrogens (primary N) is 1. The Morgan fingerprint density at radius 3 is 2.73 bits per heavy atom. The fourth-order valence-electron chi connectivity index (χ4n) is 0.766. The maximum atomic E-state index is 5.32. The normalized spacial score (nSPS) is 10.4. The van der Waals surface area contributed by atoms with Gasteiger partial charge in [0.05, 0.1) is 0 Å². The summed E-state index contributed by atoms with van der Waals surface area (Å²) < 4.78 is 5.03. The van der Waals surface area contributed by atoms with Crippen molar-refractivity contribution < 1.29 is 4.42 Å². The summed E-state index contributed by atoms with van der Waals surface area (Å²) in [6.45, 7) is 0.710. The van der Waals surface area contributed by atoms with E-state index in [0.717, 1.165) is 19.3 Å². The lowest BCUT2D eigenvalue weighted by Gasteiger charge is -1.91. The van der Waals surface area contributed by atoms with Gasteiger partial charge in [0.1, 0.15) is 0 Å². The van der Waals surface area contributed by atoms with Gasteiger partial charge < -0.3 is 10.2 Å². The molecule has 0 atom stereocenters. The molecule has 11 heavy (non-hydrogen) atoms. The second-order valence-electron chi connectivity index (χ2n) is 2.22. The molecule has 0 bridgehead atoms. The van der Waals surface area contributed by atoms with E-state index in [2.05, 4.69) is 22.8 Å². The van der Waals surface area contributed by atoms with Gasteiger partial charge in [-0.15, -0.1) is 10.2 Å². The first-order valence-corrected chi connectivity index (χ1v) is 3.99. The van der Waals surface area contributed by atoms with Crippen molar-refractivity contribution in [1.29, 1.82) is 0 Å². The molecule has 0 spiro atoms. The highest BCUT2D eigenvalue weighted by molar-refractivity contribution is 7.80. The minimum atomic E-state index is 0.327. The van der Waals surface area contributed by atoms with E-state index in [4.69, 9.17) is 10.2 Å². The molecule has 5 heteroatoms. The number of nitrogens with zero attached hydrogens (tertiary/aromatic N) is 2. The van der Waals surface area contributed by atoms with Crippen molar-refractivity contribution in [2.75, 3.05) is 6.54 Å². The maximum absolute atomic E-state index is 5.32. The van der Waals surface area contributed by atoms with Crippen LogP contribution in [0.2, 0.25) is 0 Å². The van der Waals surface area contributed by atoms with Crippen molar-refractivity contribution >= 4 is 12.6 Å². The van der Waals surface area contributed by atoms with Crippen LogP contribution in [-0.4, -0.2) is 16.7 Å². The van der Waals surface area contributed by atoms with Crippen LogP contribution >= 0.6 is 12.6 Å². The number of rotatable bonds is 4. The summed E-state index contributed by atoms with van der Waals surface area (Å²) in [4.78, 5) is 0. The molecule has 1 aromatic heterocycles. The predicted octanol–water partition coefficient (Wildman–Crippen LogP) is 0.640. The lowest BCUT2D eigenvalue weighted by molar-refractivity contribution is 0.410. The number of hydrogen-bond acceptors (Lipinski definition) is 5. The van der Waals surface area contributed by atoms with Gasteiger partial charge in [0.25, 0.3) is 5.22 Å². The van der Waals surface area contributed by atoms with E-state index >= 15 is 0 Å². The molecule has 0 aliphatic rings. The third-order valence-electron chi connectivity index (χ3n) is 1.30. The molecular weight excluding hydrogens is 162 g/mol. The first-order valence-electron chi connectivity index (χ1n) is 3.54. The van der Waals surface area contributed by atoms with E-state index in [1.807, 2.05) is 0 Å². The fraction of sp³-hybridized carbons (Fsp3) is 0.667. The van der Waals surface area contributed by atoms with Gasteiger partial charge in [-0.05, 0) is 19.4 Å². The summed E-state index contributed by atoms with van der Waals surface area (Å²) in [5, 5.41) is 7.69. The van der Waals surface area contributed by atoms with Crippen molar-refractivity contribution in [2.45, 2.75) is 24.5 Å². The van der Waals surface area contributed by atoms with Crippen molar-refractivity contribution in [3.05, 3.63) is 5.89 Å². The van der Waals surface area contributed by atoms with Gasteiger partial charge in [-0.2, -0.15) is 0 Å². The Labute approximate surface area is 70.6 Å². The highest BCUT2D eigenvalue weighted by atomic mass is 32.1. The first kappa shape index (κ1) is 8.55. The number of unbranched alkanes of at least 4 members (excludes halogenated alkanes) is 1. The number of aromatic nitrogens is 2. The van der Waals surface area contributed by atoms with Crippen molar-refractivity contribution in [3.8, 4) is 0 Å². The molecule has 1 heterocycles. The lowest BCUT2D eigenvalue weighted by Crippen LogP contribution is -1.98.